The molecule has 0 aliphatic carbocycles. The van der Waals surface area contributed by atoms with E-state index in [1.165, 1.54) is 16.7 Å². The standard InChI is InChI=1S/C28H23N3O.C2HF3O2/c1-32-26-16-6-5-14-24(26)27-28(25-15-7-8-17-29-25)31(20-30-27)19-21-10-9-13-23(18-21)22-11-3-2-4-12-22;3-2(4,5)1(6)7/h2-18,20H,19H2,1H3;(H,6,7). The van der Waals surface area contributed by atoms with Crippen molar-refractivity contribution in [3.05, 3.63) is 115 Å². The molecule has 0 unspecified atom stereocenters. The number of rotatable bonds is 6. The van der Waals surface area contributed by atoms with E-state index in [-0.39, 0.29) is 0 Å². The van der Waals surface area contributed by atoms with E-state index in [9.17, 15) is 13.2 Å². The normalized spacial score (nSPS) is 10.9. The van der Waals surface area contributed by atoms with Gasteiger partial charge in [-0.3, -0.25) is 4.98 Å². The van der Waals surface area contributed by atoms with Gasteiger partial charge in [0.2, 0.25) is 0 Å². The molecule has 0 bridgehead atoms. The number of carboxylic acid groups (broad SMARTS) is 1. The van der Waals surface area contributed by atoms with E-state index in [0.717, 1.165) is 28.4 Å². The number of aliphatic carboxylic acids is 1. The zero-order valence-electron chi connectivity index (χ0n) is 20.8. The maximum absolute atomic E-state index is 10.6. The highest BCUT2D eigenvalue weighted by molar-refractivity contribution is 5.80. The average Bonchev–Trinajstić information content (AvgIpc) is 3.37. The van der Waals surface area contributed by atoms with Crippen LogP contribution in [0, 0.1) is 0 Å². The molecule has 198 valence electrons. The molecule has 2 aromatic heterocycles. The van der Waals surface area contributed by atoms with Crippen LogP contribution in [0.2, 0.25) is 0 Å². The Morgan fingerprint density at radius 2 is 1.54 bits per heavy atom. The molecule has 0 amide bonds. The van der Waals surface area contributed by atoms with Crippen molar-refractivity contribution < 1.29 is 27.8 Å². The van der Waals surface area contributed by atoms with Gasteiger partial charge in [0.25, 0.3) is 0 Å². The van der Waals surface area contributed by atoms with Crippen molar-refractivity contribution in [1.82, 2.24) is 14.5 Å². The molecule has 39 heavy (non-hydrogen) atoms. The van der Waals surface area contributed by atoms with Gasteiger partial charge in [-0.15, -0.1) is 0 Å². The number of pyridine rings is 1. The third-order valence-electron chi connectivity index (χ3n) is 5.74. The molecule has 0 aliphatic rings. The Labute approximate surface area is 223 Å². The van der Waals surface area contributed by atoms with Crippen LogP contribution in [0.15, 0.2) is 110 Å². The van der Waals surface area contributed by atoms with Crippen LogP contribution in [0.25, 0.3) is 33.8 Å². The number of halogens is 3. The minimum atomic E-state index is -5.08. The first-order valence-corrected chi connectivity index (χ1v) is 11.8. The second-order valence-corrected chi connectivity index (χ2v) is 8.35. The summed E-state index contributed by atoms with van der Waals surface area (Å²) < 4.78 is 39.5. The number of hydrogen-bond donors (Lipinski definition) is 1. The van der Waals surface area contributed by atoms with E-state index in [4.69, 9.17) is 19.6 Å². The summed E-state index contributed by atoms with van der Waals surface area (Å²) in [5.74, 6) is -1.96. The van der Waals surface area contributed by atoms with E-state index < -0.39 is 12.1 Å². The quantitative estimate of drug-likeness (QED) is 0.256. The van der Waals surface area contributed by atoms with E-state index >= 15 is 0 Å². The number of methoxy groups -OCH3 is 1. The molecule has 0 saturated heterocycles. The van der Waals surface area contributed by atoms with Gasteiger partial charge in [-0.05, 0) is 47.0 Å². The van der Waals surface area contributed by atoms with Gasteiger partial charge in [0.1, 0.15) is 11.4 Å². The van der Waals surface area contributed by atoms with Gasteiger partial charge >= 0.3 is 12.1 Å². The van der Waals surface area contributed by atoms with E-state index in [0.29, 0.717) is 6.54 Å². The number of imidazole rings is 1. The number of carbonyl (C=O) groups is 1. The number of ether oxygens (including phenoxy) is 1. The monoisotopic (exact) mass is 531 g/mol. The number of para-hydroxylation sites is 1. The fourth-order valence-corrected chi connectivity index (χ4v) is 3.99. The summed E-state index contributed by atoms with van der Waals surface area (Å²) in [6.07, 6.45) is -1.38. The van der Waals surface area contributed by atoms with Gasteiger partial charge in [0.15, 0.2) is 0 Å². The first-order chi connectivity index (χ1) is 18.8. The molecule has 0 fully saturated rings. The molecule has 3 aromatic carbocycles. The minimum Gasteiger partial charge on any atom is -0.496 e. The molecule has 2 heterocycles. The Balaban J connectivity index is 0.000000448. The Kier molecular flexibility index (Phi) is 8.40. The first-order valence-electron chi connectivity index (χ1n) is 11.8. The smallest absolute Gasteiger partial charge is 0.490 e. The molecule has 6 nitrogen and oxygen atoms in total. The molecule has 0 spiro atoms. The van der Waals surface area contributed by atoms with Crippen LogP contribution in [0.4, 0.5) is 13.2 Å². The Hall–Kier alpha value is -4.92. The summed E-state index contributed by atoms with van der Waals surface area (Å²) in [7, 11) is 1.69. The van der Waals surface area contributed by atoms with Crippen molar-refractivity contribution in [1.29, 1.82) is 0 Å². The van der Waals surface area contributed by atoms with E-state index in [1.54, 1.807) is 7.11 Å². The van der Waals surface area contributed by atoms with Crippen molar-refractivity contribution in [3.63, 3.8) is 0 Å². The largest absolute Gasteiger partial charge is 0.496 e. The van der Waals surface area contributed by atoms with Gasteiger partial charge in [-0.25, -0.2) is 9.78 Å². The number of alkyl halides is 3. The average molecular weight is 532 g/mol. The van der Waals surface area contributed by atoms with Crippen LogP contribution < -0.4 is 4.74 Å². The fourth-order valence-electron chi connectivity index (χ4n) is 3.99. The van der Waals surface area contributed by atoms with Gasteiger partial charge in [0.05, 0.1) is 24.8 Å². The van der Waals surface area contributed by atoms with Crippen LogP contribution in [0.5, 0.6) is 5.75 Å². The molecule has 0 atom stereocenters. The maximum atomic E-state index is 10.6. The molecular formula is C30H24F3N3O3. The van der Waals surface area contributed by atoms with Crippen LogP contribution >= 0.6 is 0 Å². The number of hydrogen-bond acceptors (Lipinski definition) is 4. The summed E-state index contributed by atoms with van der Waals surface area (Å²) >= 11 is 0. The summed E-state index contributed by atoms with van der Waals surface area (Å²) in [5, 5.41) is 7.12. The molecule has 5 aromatic rings. The van der Waals surface area contributed by atoms with Crippen molar-refractivity contribution in [3.8, 4) is 39.5 Å². The Morgan fingerprint density at radius 1 is 0.872 bits per heavy atom. The zero-order chi connectivity index (χ0) is 27.8. The van der Waals surface area contributed by atoms with Gasteiger partial charge in [0, 0.05) is 18.3 Å². The highest BCUT2D eigenvalue weighted by Crippen LogP contribution is 2.36. The lowest BCUT2D eigenvalue weighted by Gasteiger charge is -2.12. The number of aromatic nitrogens is 3. The SMILES string of the molecule is COc1ccccc1-c1ncn(Cc2cccc(-c3ccccc3)c2)c1-c1ccccn1.O=C(O)C(F)(F)F. The fraction of sp³-hybridized carbons (Fsp3) is 0.100. The van der Waals surface area contributed by atoms with Crippen molar-refractivity contribution in [2.75, 3.05) is 7.11 Å². The lowest BCUT2D eigenvalue weighted by atomic mass is 10.0. The molecule has 0 saturated carbocycles. The summed E-state index contributed by atoms with van der Waals surface area (Å²) in [4.78, 5) is 18.3. The highest BCUT2D eigenvalue weighted by atomic mass is 19.4. The molecule has 0 radical (unpaired) electrons. The van der Waals surface area contributed by atoms with Crippen molar-refractivity contribution in [2.45, 2.75) is 12.7 Å². The first kappa shape index (κ1) is 27.1. The summed E-state index contributed by atoms with van der Waals surface area (Å²) in [6, 6.07) is 33.0. The number of benzene rings is 3. The maximum Gasteiger partial charge on any atom is 0.490 e. The number of nitrogens with zero attached hydrogens (tertiary/aromatic N) is 3. The molecular weight excluding hydrogens is 507 g/mol. The van der Waals surface area contributed by atoms with Gasteiger partial charge < -0.3 is 14.4 Å². The second-order valence-electron chi connectivity index (χ2n) is 8.35. The summed E-state index contributed by atoms with van der Waals surface area (Å²) in [5.41, 5.74) is 7.28. The molecule has 5 rings (SSSR count). The Morgan fingerprint density at radius 3 is 2.21 bits per heavy atom. The van der Waals surface area contributed by atoms with Crippen molar-refractivity contribution >= 4 is 5.97 Å². The zero-order valence-corrected chi connectivity index (χ0v) is 20.8. The third kappa shape index (κ3) is 6.70. The van der Waals surface area contributed by atoms with E-state index in [1.807, 2.05) is 61.1 Å². The lowest BCUT2D eigenvalue weighted by molar-refractivity contribution is -0.192. The molecule has 1 N–H and O–H groups in total. The van der Waals surface area contributed by atoms with Gasteiger partial charge in [-0.1, -0.05) is 66.7 Å². The second kappa shape index (κ2) is 12.1. The number of carboxylic acids is 1. The topological polar surface area (TPSA) is 77.2 Å². The van der Waals surface area contributed by atoms with Crippen LogP contribution in [-0.2, 0) is 11.3 Å². The summed E-state index contributed by atoms with van der Waals surface area (Å²) in [6.45, 7) is 0.689. The molecule has 0 aliphatic heterocycles. The van der Waals surface area contributed by atoms with Crippen LogP contribution in [-0.4, -0.2) is 38.9 Å². The molecule has 9 heteroatoms. The predicted octanol–water partition coefficient (Wildman–Crippen LogP) is 6.97. The van der Waals surface area contributed by atoms with Crippen LogP contribution in [0.1, 0.15) is 5.56 Å². The highest BCUT2D eigenvalue weighted by Gasteiger charge is 2.38. The predicted molar refractivity (Wildman–Crippen MR) is 142 cm³/mol. The minimum absolute atomic E-state index is 0.689. The van der Waals surface area contributed by atoms with Gasteiger partial charge in [-0.2, -0.15) is 13.2 Å². The van der Waals surface area contributed by atoms with Crippen LogP contribution in [0.3, 0.4) is 0 Å². The third-order valence-corrected chi connectivity index (χ3v) is 5.74. The van der Waals surface area contributed by atoms with Crippen molar-refractivity contribution in [2.24, 2.45) is 0 Å². The van der Waals surface area contributed by atoms with E-state index in [2.05, 4.69) is 58.1 Å². The lowest BCUT2D eigenvalue weighted by Crippen LogP contribution is -2.21. The Bertz CT molecular complexity index is 1540.